The van der Waals surface area contributed by atoms with E-state index in [1.54, 1.807) is 6.20 Å². The zero-order valence-electron chi connectivity index (χ0n) is 12.2. The minimum absolute atomic E-state index is 0.0668. The highest BCUT2D eigenvalue weighted by Gasteiger charge is 2.54. The van der Waals surface area contributed by atoms with E-state index in [-0.39, 0.29) is 11.5 Å². The molecule has 4 nitrogen and oxygen atoms in total. The molecule has 1 unspecified atom stereocenters. The van der Waals surface area contributed by atoms with Crippen LogP contribution in [-0.4, -0.2) is 4.98 Å². The van der Waals surface area contributed by atoms with Gasteiger partial charge in [-0.2, -0.15) is 0 Å². The van der Waals surface area contributed by atoms with Gasteiger partial charge >= 0.3 is 0 Å². The largest absolute Gasteiger partial charge is 0.383 e. The third-order valence-electron chi connectivity index (χ3n) is 6.09. The van der Waals surface area contributed by atoms with Crippen molar-refractivity contribution in [1.29, 1.82) is 0 Å². The average Bonchev–Trinajstić information content (AvgIpc) is 2.41. The van der Waals surface area contributed by atoms with Crippen molar-refractivity contribution >= 4 is 17.4 Å². The summed E-state index contributed by atoms with van der Waals surface area (Å²) >= 11 is 6.14. The highest BCUT2D eigenvalue weighted by Crippen LogP contribution is 2.64. The molecule has 4 bridgehead atoms. The van der Waals surface area contributed by atoms with E-state index < -0.39 is 0 Å². The zero-order valence-corrected chi connectivity index (χ0v) is 12.9. The predicted molar refractivity (Wildman–Crippen MR) is 84.3 cm³/mol. The SMILES string of the molecule is NNC(c1cc(Cl)cnc1N)C12CC3CC(CC(C3)C1)C2. The normalized spacial score (nSPS) is 38.7. The van der Waals surface area contributed by atoms with Crippen molar-refractivity contribution in [3.05, 3.63) is 22.8 Å². The van der Waals surface area contributed by atoms with Crippen LogP contribution >= 0.6 is 11.6 Å². The van der Waals surface area contributed by atoms with Gasteiger partial charge in [0, 0.05) is 11.8 Å². The van der Waals surface area contributed by atoms with E-state index >= 15 is 0 Å². The molecule has 0 spiro atoms. The maximum absolute atomic E-state index is 6.14. The monoisotopic (exact) mass is 306 g/mol. The molecule has 0 saturated heterocycles. The van der Waals surface area contributed by atoms with E-state index in [1.807, 2.05) is 6.07 Å². The molecule has 0 aromatic carbocycles. The van der Waals surface area contributed by atoms with Crippen LogP contribution < -0.4 is 17.0 Å². The number of nitrogens with one attached hydrogen (secondary N) is 1. The Morgan fingerprint density at radius 1 is 1.19 bits per heavy atom. The molecule has 1 aromatic heterocycles. The lowest BCUT2D eigenvalue weighted by Gasteiger charge is -2.59. The molecule has 1 aromatic rings. The topological polar surface area (TPSA) is 77.0 Å². The molecule has 4 aliphatic rings. The second kappa shape index (κ2) is 4.83. The van der Waals surface area contributed by atoms with E-state index in [0.717, 1.165) is 23.3 Å². The first kappa shape index (κ1) is 13.8. The fraction of sp³-hybridized carbons (Fsp3) is 0.688. The lowest BCUT2D eigenvalue weighted by molar-refractivity contribution is -0.0748. The van der Waals surface area contributed by atoms with Crippen molar-refractivity contribution < 1.29 is 0 Å². The fourth-order valence-electron chi connectivity index (χ4n) is 5.82. The van der Waals surface area contributed by atoms with E-state index in [4.69, 9.17) is 23.2 Å². The van der Waals surface area contributed by atoms with Crippen molar-refractivity contribution in [3.8, 4) is 0 Å². The number of hydrazine groups is 1. The summed E-state index contributed by atoms with van der Waals surface area (Å²) in [5.41, 5.74) is 10.4. The van der Waals surface area contributed by atoms with Gasteiger partial charge in [-0.1, -0.05) is 11.6 Å². The molecule has 1 atom stereocenters. The summed E-state index contributed by atoms with van der Waals surface area (Å²) in [7, 11) is 0. The van der Waals surface area contributed by atoms with Crippen LogP contribution in [0.1, 0.15) is 50.1 Å². The maximum Gasteiger partial charge on any atom is 0.128 e. The van der Waals surface area contributed by atoms with Crippen LogP contribution in [-0.2, 0) is 0 Å². The van der Waals surface area contributed by atoms with E-state index in [2.05, 4.69) is 10.4 Å². The van der Waals surface area contributed by atoms with Crippen LogP contribution in [0.25, 0.3) is 0 Å². The van der Waals surface area contributed by atoms with Crippen molar-refractivity contribution in [1.82, 2.24) is 10.4 Å². The molecule has 0 amide bonds. The molecule has 4 saturated carbocycles. The van der Waals surface area contributed by atoms with Gasteiger partial charge in [0.05, 0.1) is 11.1 Å². The summed E-state index contributed by atoms with van der Waals surface area (Å²) in [6.45, 7) is 0. The molecule has 5 N–H and O–H groups in total. The lowest BCUT2D eigenvalue weighted by atomic mass is 9.47. The smallest absolute Gasteiger partial charge is 0.128 e. The first-order valence-electron chi connectivity index (χ1n) is 7.97. The van der Waals surface area contributed by atoms with Crippen LogP contribution in [0.4, 0.5) is 5.82 Å². The van der Waals surface area contributed by atoms with Gasteiger partial charge in [-0.05, 0) is 67.8 Å². The third-order valence-corrected chi connectivity index (χ3v) is 6.30. The minimum atomic E-state index is 0.0668. The second-order valence-corrected chi connectivity index (χ2v) is 7.94. The van der Waals surface area contributed by atoms with Crippen LogP contribution in [0.2, 0.25) is 5.02 Å². The van der Waals surface area contributed by atoms with Gasteiger partial charge in [0.1, 0.15) is 5.82 Å². The van der Waals surface area contributed by atoms with Gasteiger partial charge < -0.3 is 5.73 Å². The Bertz CT molecular complexity index is 524. The lowest BCUT2D eigenvalue weighted by Crippen LogP contribution is -2.53. The number of nitrogens with zero attached hydrogens (tertiary/aromatic N) is 1. The molecule has 1 heterocycles. The number of rotatable bonds is 3. The number of pyridine rings is 1. The molecule has 0 aliphatic heterocycles. The predicted octanol–water partition coefficient (Wildman–Crippen LogP) is 3.04. The number of hydrogen-bond donors (Lipinski definition) is 3. The molecule has 114 valence electrons. The quantitative estimate of drug-likeness (QED) is 0.592. The molecule has 21 heavy (non-hydrogen) atoms. The summed E-state index contributed by atoms with van der Waals surface area (Å²) in [6, 6.07) is 2.00. The number of anilines is 1. The Kier molecular flexibility index (Phi) is 3.18. The number of halogens is 1. The Labute approximate surface area is 130 Å². The van der Waals surface area contributed by atoms with Crippen LogP contribution in [0.5, 0.6) is 0 Å². The standard InChI is InChI=1S/C16H23ClN4/c17-12-4-13(15(18)20-8-12)14(21-19)16-5-9-1-10(6-16)3-11(2-9)7-16/h4,8-11,14,21H,1-3,5-7,19H2,(H2,18,20). The summed E-state index contributed by atoms with van der Waals surface area (Å²) in [5, 5.41) is 0.629. The zero-order chi connectivity index (χ0) is 14.6. The number of hydrogen-bond acceptors (Lipinski definition) is 4. The number of aromatic nitrogens is 1. The highest BCUT2D eigenvalue weighted by atomic mass is 35.5. The van der Waals surface area contributed by atoms with Crippen LogP contribution in [0.15, 0.2) is 12.3 Å². The summed E-state index contributed by atoms with van der Waals surface area (Å²) < 4.78 is 0. The fourth-order valence-corrected chi connectivity index (χ4v) is 5.99. The molecular weight excluding hydrogens is 284 g/mol. The van der Waals surface area contributed by atoms with Gasteiger partial charge in [0.15, 0.2) is 0 Å². The van der Waals surface area contributed by atoms with Gasteiger partial charge in [0.25, 0.3) is 0 Å². The number of nitrogens with two attached hydrogens (primary N) is 2. The summed E-state index contributed by atoms with van der Waals surface area (Å²) in [5.74, 6) is 9.15. The maximum atomic E-state index is 6.14. The van der Waals surface area contributed by atoms with Crippen molar-refractivity contribution in [2.75, 3.05) is 5.73 Å². The summed E-state index contributed by atoms with van der Waals surface area (Å²) in [4.78, 5) is 4.23. The minimum Gasteiger partial charge on any atom is -0.383 e. The average molecular weight is 307 g/mol. The Morgan fingerprint density at radius 3 is 2.29 bits per heavy atom. The second-order valence-electron chi connectivity index (χ2n) is 7.51. The molecule has 5 heteroatoms. The van der Waals surface area contributed by atoms with Gasteiger partial charge in [0.2, 0.25) is 0 Å². The summed E-state index contributed by atoms with van der Waals surface area (Å²) in [6.07, 6.45) is 9.65. The van der Waals surface area contributed by atoms with E-state index in [0.29, 0.717) is 10.8 Å². The van der Waals surface area contributed by atoms with Crippen LogP contribution in [0, 0.1) is 23.2 Å². The number of nitrogen functional groups attached to an aromatic ring is 1. The van der Waals surface area contributed by atoms with Crippen molar-refractivity contribution in [3.63, 3.8) is 0 Å². The Morgan fingerprint density at radius 2 is 1.76 bits per heavy atom. The van der Waals surface area contributed by atoms with Crippen molar-refractivity contribution in [2.24, 2.45) is 29.0 Å². The first-order chi connectivity index (χ1) is 10.1. The Hall–Kier alpha value is -0.840. The molecule has 4 fully saturated rings. The molecule has 5 rings (SSSR count). The van der Waals surface area contributed by atoms with Gasteiger partial charge in [-0.3, -0.25) is 11.3 Å². The molecule has 0 radical (unpaired) electrons. The van der Waals surface area contributed by atoms with E-state index in [1.165, 1.54) is 38.5 Å². The molecule has 4 aliphatic carbocycles. The van der Waals surface area contributed by atoms with E-state index in [9.17, 15) is 0 Å². The Balaban J connectivity index is 1.74. The van der Waals surface area contributed by atoms with Crippen molar-refractivity contribution in [2.45, 2.75) is 44.6 Å². The highest BCUT2D eigenvalue weighted by molar-refractivity contribution is 6.30. The van der Waals surface area contributed by atoms with Gasteiger partial charge in [-0.25, -0.2) is 4.98 Å². The third kappa shape index (κ3) is 2.16. The first-order valence-corrected chi connectivity index (χ1v) is 8.34. The molecular formula is C16H23ClN4. The van der Waals surface area contributed by atoms with Crippen LogP contribution in [0.3, 0.4) is 0 Å². The van der Waals surface area contributed by atoms with Gasteiger partial charge in [-0.15, -0.1) is 0 Å².